The van der Waals surface area contributed by atoms with E-state index < -0.39 is 12.1 Å². The molecule has 12 heteroatoms. The molecule has 4 rings (SSSR count). The molecule has 0 aromatic carbocycles. The molecule has 30 heavy (non-hydrogen) atoms. The summed E-state index contributed by atoms with van der Waals surface area (Å²) in [6.07, 6.45) is 0.697. The molecule has 1 spiro atoms. The number of ether oxygens (including phenoxy) is 2. The Morgan fingerprint density at radius 1 is 1.37 bits per heavy atom. The lowest BCUT2D eigenvalue weighted by molar-refractivity contribution is -0.192. The van der Waals surface area contributed by atoms with Gasteiger partial charge in [-0.1, -0.05) is 11.3 Å². The Hall–Kier alpha value is -2.31. The number of nitrogens with zero attached hydrogens (tertiary/aromatic N) is 4. The number of pyridine rings is 1. The minimum atomic E-state index is -5.08. The predicted molar refractivity (Wildman–Crippen MR) is 101 cm³/mol. The molecule has 0 bridgehead atoms. The molecule has 2 aliphatic heterocycles. The van der Waals surface area contributed by atoms with Crippen LogP contribution >= 0.6 is 11.3 Å². The van der Waals surface area contributed by atoms with Crippen molar-refractivity contribution in [3.8, 4) is 0 Å². The number of carboxylic acid groups (broad SMARTS) is 1. The second-order valence-corrected chi connectivity index (χ2v) is 8.24. The van der Waals surface area contributed by atoms with Gasteiger partial charge in [-0.2, -0.15) is 13.2 Å². The number of carboxylic acids is 1. The number of aromatic nitrogens is 3. The number of aliphatic carboxylic acids is 1. The summed E-state index contributed by atoms with van der Waals surface area (Å²) >= 11 is 1.64. The van der Waals surface area contributed by atoms with Crippen LogP contribution in [0.3, 0.4) is 0 Å². The lowest BCUT2D eigenvalue weighted by Gasteiger charge is -2.52. The number of carbonyl (C=O) groups is 1. The second-order valence-electron chi connectivity index (χ2n) is 7.08. The van der Waals surface area contributed by atoms with Gasteiger partial charge in [-0.3, -0.25) is 4.98 Å². The quantitative estimate of drug-likeness (QED) is 0.766. The van der Waals surface area contributed by atoms with Gasteiger partial charge in [0.15, 0.2) is 0 Å². The van der Waals surface area contributed by atoms with Gasteiger partial charge in [-0.05, 0) is 31.0 Å². The van der Waals surface area contributed by atoms with E-state index in [-0.39, 0.29) is 11.7 Å². The van der Waals surface area contributed by atoms with Crippen LogP contribution < -0.4 is 4.90 Å². The van der Waals surface area contributed by atoms with E-state index in [1.807, 2.05) is 19.1 Å². The summed E-state index contributed by atoms with van der Waals surface area (Å²) in [4.78, 5) is 15.2. The molecule has 1 unspecified atom stereocenters. The van der Waals surface area contributed by atoms with Gasteiger partial charge in [0.25, 0.3) is 0 Å². The topological polar surface area (TPSA) is 97.7 Å². The standard InChI is InChI=1S/C16H20N4O2S.C2HF3O2/c1-12-18-19-15(23-12)20-10-16(11-20)8-14(4-7-22-16)21-9-13-2-5-17-6-3-13;3-2(4,5)1(6)7/h2-3,5-6,14H,4,7-11H2,1H3;(H,6,7). The van der Waals surface area contributed by atoms with E-state index in [2.05, 4.69) is 20.1 Å². The average Bonchev–Trinajstić information content (AvgIpc) is 3.11. The normalized spacial score (nSPS) is 20.3. The summed E-state index contributed by atoms with van der Waals surface area (Å²) in [5.41, 5.74) is 1.10. The average molecular weight is 446 g/mol. The van der Waals surface area contributed by atoms with E-state index in [4.69, 9.17) is 19.4 Å². The number of halogens is 3. The minimum Gasteiger partial charge on any atom is -0.475 e. The van der Waals surface area contributed by atoms with E-state index in [1.165, 1.54) is 5.56 Å². The third-order valence-electron chi connectivity index (χ3n) is 4.67. The van der Waals surface area contributed by atoms with Crippen LogP contribution in [0, 0.1) is 6.92 Å². The van der Waals surface area contributed by atoms with Crippen molar-refractivity contribution in [2.75, 3.05) is 24.6 Å². The molecule has 1 atom stereocenters. The molecule has 2 aromatic heterocycles. The SMILES string of the molecule is Cc1nnc(N2CC3(CC(OCc4ccncc4)CCO3)C2)s1.O=C(O)C(F)(F)F. The van der Waals surface area contributed by atoms with Crippen LogP contribution in [0.2, 0.25) is 0 Å². The van der Waals surface area contributed by atoms with Crippen molar-refractivity contribution in [3.63, 3.8) is 0 Å². The molecule has 2 aromatic rings. The number of hydrogen-bond acceptors (Lipinski definition) is 8. The first-order valence-corrected chi connectivity index (χ1v) is 9.98. The van der Waals surface area contributed by atoms with Crippen LogP contribution in [0.15, 0.2) is 24.5 Å². The fourth-order valence-corrected chi connectivity index (χ4v) is 3.92. The fraction of sp³-hybridized carbons (Fsp3) is 0.556. The summed E-state index contributed by atoms with van der Waals surface area (Å²) in [5.74, 6) is -2.76. The lowest BCUT2D eigenvalue weighted by Crippen LogP contribution is -2.66. The van der Waals surface area contributed by atoms with Crippen molar-refractivity contribution >= 4 is 22.4 Å². The molecule has 2 aliphatic rings. The zero-order chi connectivity index (χ0) is 21.8. The van der Waals surface area contributed by atoms with Crippen LogP contribution in [0.25, 0.3) is 0 Å². The summed E-state index contributed by atoms with van der Waals surface area (Å²) in [5, 5.41) is 17.4. The van der Waals surface area contributed by atoms with Crippen LogP contribution in [-0.4, -0.2) is 63.8 Å². The zero-order valence-electron chi connectivity index (χ0n) is 16.1. The van der Waals surface area contributed by atoms with Crippen molar-refractivity contribution in [3.05, 3.63) is 35.1 Å². The Labute approximate surface area is 174 Å². The van der Waals surface area contributed by atoms with E-state index in [9.17, 15) is 13.2 Å². The predicted octanol–water partition coefficient (Wildman–Crippen LogP) is 2.83. The smallest absolute Gasteiger partial charge is 0.475 e. The van der Waals surface area contributed by atoms with Gasteiger partial charge in [0.05, 0.1) is 25.8 Å². The fourth-order valence-electron chi connectivity index (χ4n) is 3.24. The highest BCUT2D eigenvalue weighted by Gasteiger charge is 2.48. The molecule has 0 saturated carbocycles. The lowest BCUT2D eigenvalue weighted by atomic mass is 9.85. The Bertz CT molecular complexity index is 843. The first kappa shape index (κ1) is 22.4. The number of anilines is 1. The summed E-state index contributed by atoms with van der Waals surface area (Å²) in [7, 11) is 0. The van der Waals surface area contributed by atoms with E-state index >= 15 is 0 Å². The van der Waals surface area contributed by atoms with Gasteiger partial charge >= 0.3 is 12.1 Å². The molecule has 0 amide bonds. The van der Waals surface area contributed by atoms with Gasteiger partial charge in [-0.15, -0.1) is 10.2 Å². The van der Waals surface area contributed by atoms with Crippen molar-refractivity contribution in [1.82, 2.24) is 15.2 Å². The van der Waals surface area contributed by atoms with E-state index in [0.29, 0.717) is 6.61 Å². The van der Waals surface area contributed by atoms with Crippen molar-refractivity contribution < 1.29 is 32.5 Å². The monoisotopic (exact) mass is 446 g/mol. The third kappa shape index (κ3) is 5.86. The maximum atomic E-state index is 10.6. The Balaban J connectivity index is 0.000000318. The molecule has 0 radical (unpaired) electrons. The molecule has 1 N–H and O–H groups in total. The number of alkyl halides is 3. The highest BCUT2D eigenvalue weighted by atomic mass is 32.1. The van der Waals surface area contributed by atoms with E-state index in [1.54, 1.807) is 23.7 Å². The summed E-state index contributed by atoms with van der Waals surface area (Å²) in [6.45, 7) is 5.16. The Morgan fingerprint density at radius 3 is 2.60 bits per heavy atom. The zero-order valence-corrected chi connectivity index (χ0v) is 16.9. The van der Waals surface area contributed by atoms with Crippen molar-refractivity contribution in [1.29, 1.82) is 0 Å². The highest BCUT2D eigenvalue weighted by molar-refractivity contribution is 7.15. The van der Waals surface area contributed by atoms with Crippen LogP contribution in [0.4, 0.5) is 18.3 Å². The van der Waals surface area contributed by atoms with E-state index in [0.717, 1.165) is 42.7 Å². The summed E-state index contributed by atoms with van der Waals surface area (Å²) in [6, 6.07) is 4.00. The van der Waals surface area contributed by atoms with Crippen LogP contribution in [0.5, 0.6) is 0 Å². The third-order valence-corrected chi connectivity index (χ3v) is 5.57. The molecule has 164 valence electrons. The highest BCUT2D eigenvalue weighted by Crippen LogP contribution is 2.38. The van der Waals surface area contributed by atoms with Crippen LogP contribution in [-0.2, 0) is 20.9 Å². The Morgan fingerprint density at radius 2 is 2.03 bits per heavy atom. The van der Waals surface area contributed by atoms with Gasteiger partial charge in [0.1, 0.15) is 10.6 Å². The Kier molecular flexibility index (Phi) is 6.88. The van der Waals surface area contributed by atoms with Crippen molar-refractivity contribution in [2.24, 2.45) is 0 Å². The molecule has 0 aliphatic carbocycles. The van der Waals surface area contributed by atoms with Gasteiger partial charge in [0, 0.05) is 25.4 Å². The molecule has 8 nitrogen and oxygen atoms in total. The number of hydrogen-bond donors (Lipinski definition) is 1. The maximum absolute atomic E-state index is 10.6. The molecule has 4 heterocycles. The largest absolute Gasteiger partial charge is 0.490 e. The molecule has 2 saturated heterocycles. The first-order chi connectivity index (χ1) is 14.2. The van der Waals surface area contributed by atoms with Crippen LogP contribution in [0.1, 0.15) is 23.4 Å². The first-order valence-electron chi connectivity index (χ1n) is 9.16. The van der Waals surface area contributed by atoms with Gasteiger partial charge in [-0.25, -0.2) is 4.79 Å². The molecule has 2 fully saturated rings. The van der Waals surface area contributed by atoms with Crippen molar-refractivity contribution in [2.45, 2.75) is 44.3 Å². The molecular weight excluding hydrogens is 425 g/mol. The summed E-state index contributed by atoms with van der Waals surface area (Å²) < 4.78 is 43.9. The molecular formula is C18H21F3N4O4S. The van der Waals surface area contributed by atoms with Gasteiger partial charge in [0.2, 0.25) is 5.13 Å². The second kappa shape index (κ2) is 9.23. The minimum absolute atomic E-state index is 0.0687. The van der Waals surface area contributed by atoms with Gasteiger partial charge < -0.3 is 19.5 Å². The maximum Gasteiger partial charge on any atom is 0.490 e. The number of rotatable bonds is 4. The number of aryl methyl sites for hydroxylation is 1.